The third kappa shape index (κ3) is 3.24. The molecule has 1 aliphatic rings. The van der Waals surface area contributed by atoms with Crippen molar-refractivity contribution in [2.24, 2.45) is 0 Å². The van der Waals surface area contributed by atoms with Gasteiger partial charge < -0.3 is 0 Å². The van der Waals surface area contributed by atoms with Gasteiger partial charge in [0, 0.05) is 5.92 Å². The van der Waals surface area contributed by atoms with E-state index in [1.54, 1.807) is 12.1 Å². The van der Waals surface area contributed by atoms with E-state index in [1.807, 2.05) is 26.0 Å². The Balaban J connectivity index is 2.25. The summed E-state index contributed by atoms with van der Waals surface area (Å²) in [5.74, 6) is 0.137. The zero-order valence-electron chi connectivity index (χ0n) is 14.1. The summed E-state index contributed by atoms with van der Waals surface area (Å²) < 4.78 is 78.8. The monoisotopic (exact) mass is 370 g/mol. The van der Waals surface area contributed by atoms with E-state index < -0.39 is 23.5 Å². The van der Waals surface area contributed by atoms with Crippen LogP contribution in [0.3, 0.4) is 0 Å². The molecular formula is C20H16F6. The van der Waals surface area contributed by atoms with Crippen molar-refractivity contribution in [2.45, 2.75) is 38.5 Å². The fourth-order valence-corrected chi connectivity index (χ4v) is 3.53. The lowest BCUT2D eigenvalue weighted by atomic mass is 9.90. The summed E-state index contributed by atoms with van der Waals surface area (Å²) in [4.78, 5) is 0. The van der Waals surface area contributed by atoms with Crippen molar-refractivity contribution < 1.29 is 26.3 Å². The van der Waals surface area contributed by atoms with Crippen LogP contribution in [0.5, 0.6) is 0 Å². The molecule has 138 valence electrons. The van der Waals surface area contributed by atoms with Crippen molar-refractivity contribution in [3.05, 3.63) is 64.2 Å². The fourth-order valence-electron chi connectivity index (χ4n) is 3.53. The molecule has 0 fully saturated rings. The maximum Gasteiger partial charge on any atom is 0.416 e. The van der Waals surface area contributed by atoms with Gasteiger partial charge in [-0.05, 0) is 53.8 Å². The second kappa shape index (κ2) is 6.18. The molecule has 0 radical (unpaired) electrons. The summed E-state index contributed by atoms with van der Waals surface area (Å²) in [5, 5.41) is 0. The number of hydrogen-bond acceptors (Lipinski definition) is 0. The number of fused-ring (bicyclic) bond motifs is 1. The summed E-state index contributed by atoms with van der Waals surface area (Å²) in [6.45, 7) is 3.92. The molecule has 2 aromatic rings. The first-order valence-corrected chi connectivity index (χ1v) is 8.13. The van der Waals surface area contributed by atoms with Crippen LogP contribution in [0.25, 0.3) is 17.2 Å². The Morgan fingerprint density at radius 1 is 0.885 bits per heavy atom. The first-order valence-electron chi connectivity index (χ1n) is 8.13. The van der Waals surface area contributed by atoms with Gasteiger partial charge in [-0.2, -0.15) is 26.3 Å². The molecule has 0 saturated carbocycles. The average molecular weight is 370 g/mol. The topological polar surface area (TPSA) is 0 Å². The molecule has 0 heterocycles. The predicted octanol–water partition coefficient (Wildman–Crippen LogP) is 7.30. The maximum atomic E-state index is 13.1. The third-order valence-corrected chi connectivity index (χ3v) is 4.74. The molecule has 1 aliphatic carbocycles. The van der Waals surface area contributed by atoms with Crippen molar-refractivity contribution in [3.8, 4) is 11.1 Å². The number of benzene rings is 2. The Kier molecular flexibility index (Phi) is 4.41. The standard InChI is InChI=1S/C20H16F6/c1-3-15-11(2)7-18-16(5-4-6-17(15)18)12-8-13(19(21,22)23)10-14(9-12)20(24,25)26/h4-10,15H,3H2,1-2H3. The Morgan fingerprint density at radius 3 is 1.96 bits per heavy atom. The molecule has 0 amide bonds. The number of halogens is 6. The molecule has 2 aromatic carbocycles. The molecule has 0 bridgehead atoms. The fraction of sp³-hybridized carbons (Fsp3) is 0.300. The summed E-state index contributed by atoms with van der Waals surface area (Å²) in [7, 11) is 0. The van der Waals surface area contributed by atoms with E-state index >= 15 is 0 Å². The van der Waals surface area contributed by atoms with Crippen LogP contribution in [0, 0.1) is 0 Å². The lowest BCUT2D eigenvalue weighted by Gasteiger charge is -2.17. The van der Waals surface area contributed by atoms with Crippen LogP contribution in [-0.4, -0.2) is 0 Å². The Bertz CT molecular complexity index is 839. The SMILES string of the molecule is CCC1C(C)=Cc2c(-c3cc(C(F)(F)F)cc(C(F)(F)F)c3)cccc21. The van der Waals surface area contributed by atoms with Gasteiger partial charge in [-0.25, -0.2) is 0 Å². The highest BCUT2D eigenvalue weighted by Crippen LogP contribution is 2.44. The molecule has 1 atom stereocenters. The summed E-state index contributed by atoms with van der Waals surface area (Å²) in [5.41, 5.74) is 0.395. The van der Waals surface area contributed by atoms with E-state index in [9.17, 15) is 26.3 Å². The van der Waals surface area contributed by atoms with Gasteiger partial charge in [0.2, 0.25) is 0 Å². The zero-order valence-corrected chi connectivity index (χ0v) is 14.1. The molecule has 0 aromatic heterocycles. The van der Waals surface area contributed by atoms with Crippen LogP contribution in [0.1, 0.15) is 48.4 Å². The van der Waals surface area contributed by atoms with Crippen LogP contribution in [0.4, 0.5) is 26.3 Å². The van der Waals surface area contributed by atoms with Crippen molar-refractivity contribution in [2.75, 3.05) is 0 Å². The minimum atomic E-state index is -4.86. The van der Waals surface area contributed by atoms with E-state index in [0.717, 1.165) is 29.7 Å². The van der Waals surface area contributed by atoms with Gasteiger partial charge in [-0.3, -0.25) is 0 Å². The Morgan fingerprint density at radius 2 is 1.46 bits per heavy atom. The number of rotatable bonds is 2. The first kappa shape index (κ1) is 18.5. The van der Waals surface area contributed by atoms with Gasteiger partial charge in [0.1, 0.15) is 0 Å². The molecule has 0 spiro atoms. The molecular weight excluding hydrogens is 354 g/mol. The van der Waals surface area contributed by atoms with E-state index in [0.29, 0.717) is 11.1 Å². The van der Waals surface area contributed by atoms with E-state index in [4.69, 9.17) is 0 Å². The van der Waals surface area contributed by atoms with Crippen LogP contribution in [0.15, 0.2) is 42.0 Å². The molecule has 6 heteroatoms. The quantitative estimate of drug-likeness (QED) is 0.487. The van der Waals surface area contributed by atoms with Gasteiger partial charge >= 0.3 is 12.4 Å². The van der Waals surface area contributed by atoms with Crippen molar-refractivity contribution in [3.63, 3.8) is 0 Å². The highest BCUT2D eigenvalue weighted by molar-refractivity contribution is 5.82. The summed E-state index contributed by atoms with van der Waals surface area (Å²) >= 11 is 0. The Hall–Kier alpha value is -2.24. The highest BCUT2D eigenvalue weighted by atomic mass is 19.4. The number of allylic oxidation sites excluding steroid dienone is 1. The van der Waals surface area contributed by atoms with Gasteiger partial charge in [-0.15, -0.1) is 0 Å². The minimum absolute atomic E-state index is 0.0789. The molecule has 3 rings (SSSR count). The second-order valence-corrected chi connectivity index (χ2v) is 6.45. The molecule has 0 aliphatic heterocycles. The molecule has 1 unspecified atom stereocenters. The van der Waals surface area contributed by atoms with Crippen LogP contribution in [0.2, 0.25) is 0 Å². The summed E-state index contributed by atoms with van der Waals surface area (Å²) in [6, 6.07) is 6.84. The minimum Gasteiger partial charge on any atom is -0.166 e. The van der Waals surface area contributed by atoms with E-state index in [2.05, 4.69) is 0 Å². The Labute approximate surface area is 147 Å². The van der Waals surface area contributed by atoms with Crippen LogP contribution >= 0.6 is 0 Å². The first-order chi connectivity index (χ1) is 12.0. The zero-order chi connectivity index (χ0) is 19.3. The highest BCUT2D eigenvalue weighted by Gasteiger charge is 2.37. The van der Waals surface area contributed by atoms with Crippen LogP contribution < -0.4 is 0 Å². The normalized spacial score (nSPS) is 17.2. The van der Waals surface area contributed by atoms with Crippen molar-refractivity contribution >= 4 is 6.08 Å². The van der Waals surface area contributed by atoms with E-state index in [1.165, 1.54) is 0 Å². The second-order valence-electron chi connectivity index (χ2n) is 6.45. The number of hydrogen-bond donors (Lipinski definition) is 0. The van der Waals surface area contributed by atoms with Crippen molar-refractivity contribution in [1.82, 2.24) is 0 Å². The third-order valence-electron chi connectivity index (χ3n) is 4.74. The molecule has 0 nitrogen and oxygen atoms in total. The van der Waals surface area contributed by atoms with Gasteiger partial charge in [0.05, 0.1) is 11.1 Å². The summed E-state index contributed by atoms with van der Waals surface area (Å²) in [6.07, 6.45) is -7.04. The lowest BCUT2D eigenvalue weighted by Crippen LogP contribution is -2.11. The smallest absolute Gasteiger partial charge is 0.166 e. The molecule has 0 N–H and O–H groups in total. The lowest BCUT2D eigenvalue weighted by molar-refractivity contribution is -0.143. The van der Waals surface area contributed by atoms with Crippen LogP contribution in [-0.2, 0) is 12.4 Å². The van der Waals surface area contributed by atoms with E-state index in [-0.39, 0.29) is 17.5 Å². The maximum absolute atomic E-state index is 13.1. The molecule has 26 heavy (non-hydrogen) atoms. The molecule has 0 saturated heterocycles. The predicted molar refractivity (Wildman–Crippen MR) is 88.6 cm³/mol. The largest absolute Gasteiger partial charge is 0.416 e. The number of alkyl halides is 6. The van der Waals surface area contributed by atoms with Gasteiger partial charge in [0.15, 0.2) is 0 Å². The average Bonchev–Trinajstić information content (AvgIpc) is 2.87. The van der Waals surface area contributed by atoms with Gasteiger partial charge in [-0.1, -0.05) is 36.8 Å². The van der Waals surface area contributed by atoms with Gasteiger partial charge in [0.25, 0.3) is 0 Å². The van der Waals surface area contributed by atoms with Crippen molar-refractivity contribution in [1.29, 1.82) is 0 Å².